The summed E-state index contributed by atoms with van der Waals surface area (Å²) in [7, 11) is 1.54. The Hall–Kier alpha value is -3.07. The van der Waals surface area contributed by atoms with Crippen molar-refractivity contribution in [2.24, 2.45) is 0 Å². The number of methoxy groups -OCH3 is 1. The molecule has 2 aromatic carbocycles. The number of aromatic nitrogens is 3. The van der Waals surface area contributed by atoms with Gasteiger partial charge in [0.1, 0.15) is 11.6 Å². The number of halogens is 1. The number of benzene rings is 2. The predicted molar refractivity (Wildman–Crippen MR) is 107 cm³/mol. The van der Waals surface area contributed by atoms with E-state index in [1.807, 2.05) is 19.1 Å². The molecule has 0 aliphatic heterocycles. The molecule has 0 bridgehead atoms. The Morgan fingerprint density at radius 3 is 2.79 bits per heavy atom. The fourth-order valence-corrected chi connectivity index (χ4v) is 3.32. The van der Waals surface area contributed by atoms with Crippen LogP contribution in [0.3, 0.4) is 0 Å². The molecule has 1 amide bonds. The molecule has 1 heterocycles. The maximum Gasteiger partial charge on any atom is 0.237 e. The van der Waals surface area contributed by atoms with Crippen molar-refractivity contribution in [1.82, 2.24) is 14.9 Å². The lowest BCUT2D eigenvalue weighted by Crippen LogP contribution is -2.24. The third kappa shape index (κ3) is 4.25. The maximum atomic E-state index is 13.4. The van der Waals surface area contributed by atoms with Crippen molar-refractivity contribution in [3.05, 3.63) is 53.8 Å². The van der Waals surface area contributed by atoms with Crippen LogP contribution in [0.4, 0.5) is 10.1 Å². The van der Waals surface area contributed by atoms with E-state index in [4.69, 9.17) is 10.6 Å². The molecule has 0 saturated heterocycles. The van der Waals surface area contributed by atoms with Crippen LogP contribution in [0.25, 0.3) is 11.4 Å². The number of nitrogens with two attached hydrogens (primary N) is 1. The van der Waals surface area contributed by atoms with Crippen LogP contribution in [0.5, 0.6) is 5.75 Å². The summed E-state index contributed by atoms with van der Waals surface area (Å²) in [6.45, 7) is 3.66. The third-order valence-electron chi connectivity index (χ3n) is 4.01. The van der Waals surface area contributed by atoms with E-state index in [-0.39, 0.29) is 5.91 Å². The summed E-state index contributed by atoms with van der Waals surface area (Å²) in [6, 6.07) is 11.4. The molecular weight excluding hydrogens is 381 g/mol. The van der Waals surface area contributed by atoms with E-state index in [9.17, 15) is 9.18 Å². The summed E-state index contributed by atoms with van der Waals surface area (Å²) < 4.78 is 20.0. The molecule has 3 rings (SSSR count). The van der Waals surface area contributed by atoms with Crippen molar-refractivity contribution in [1.29, 1.82) is 0 Å². The molecule has 146 valence electrons. The van der Waals surface area contributed by atoms with Crippen molar-refractivity contribution in [3.63, 3.8) is 0 Å². The van der Waals surface area contributed by atoms with E-state index in [0.717, 1.165) is 17.3 Å². The molecule has 0 aliphatic carbocycles. The van der Waals surface area contributed by atoms with Crippen molar-refractivity contribution in [2.75, 3.05) is 18.3 Å². The van der Waals surface area contributed by atoms with Crippen LogP contribution in [-0.4, -0.2) is 33.1 Å². The molecule has 0 radical (unpaired) electrons. The van der Waals surface area contributed by atoms with Gasteiger partial charge in [-0.1, -0.05) is 30.0 Å². The molecule has 1 atom stereocenters. The van der Waals surface area contributed by atoms with Crippen LogP contribution in [0.15, 0.2) is 47.6 Å². The van der Waals surface area contributed by atoms with Crippen molar-refractivity contribution in [2.45, 2.75) is 24.3 Å². The number of nitrogens with zero attached hydrogens (tertiary/aromatic N) is 3. The van der Waals surface area contributed by atoms with Gasteiger partial charge in [0.25, 0.3) is 0 Å². The predicted octanol–water partition coefficient (Wildman–Crippen LogP) is 3.23. The van der Waals surface area contributed by atoms with Crippen LogP contribution in [0, 0.1) is 12.7 Å². The molecule has 7 nitrogen and oxygen atoms in total. The molecule has 28 heavy (non-hydrogen) atoms. The zero-order valence-corrected chi connectivity index (χ0v) is 16.5. The summed E-state index contributed by atoms with van der Waals surface area (Å²) in [5, 5.41) is 10.7. The number of aryl methyl sites for hydroxylation is 1. The summed E-state index contributed by atoms with van der Waals surface area (Å²) in [6.07, 6.45) is 0. The maximum absolute atomic E-state index is 13.4. The van der Waals surface area contributed by atoms with Crippen molar-refractivity contribution >= 4 is 23.4 Å². The molecule has 3 N–H and O–H groups in total. The lowest BCUT2D eigenvalue weighted by atomic mass is 10.2. The van der Waals surface area contributed by atoms with Crippen LogP contribution >= 0.6 is 11.8 Å². The SMILES string of the molecule is COc1ccc(C)cc1NC(=O)[C@@H](C)Sc1nnc(-c2cccc(F)c2)n1N. The number of carbonyl (C=O) groups excluding carboxylic acids is 1. The van der Waals surface area contributed by atoms with Gasteiger partial charge in [0, 0.05) is 5.56 Å². The van der Waals surface area contributed by atoms with Crippen LogP contribution in [0.1, 0.15) is 12.5 Å². The number of nitrogen functional groups attached to an aromatic ring is 1. The molecule has 0 unspecified atom stereocenters. The molecule has 1 aromatic heterocycles. The Balaban J connectivity index is 1.74. The number of anilines is 1. The highest BCUT2D eigenvalue weighted by atomic mass is 32.2. The highest BCUT2D eigenvalue weighted by Gasteiger charge is 2.21. The number of hydrogen-bond acceptors (Lipinski definition) is 6. The smallest absolute Gasteiger partial charge is 0.237 e. The van der Waals surface area contributed by atoms with Crippen LogP contribution in [0.2, 0.25) is 0 Å². The average molecular weight is 401 g/mol. The number of thioether (sulfide) groups is 1. The molecule has 0 fully saturated rings. The Morgan fingerprint density at radius 1 is 1.29 bits per heavy atom. The van der Waals surface area contributed by atoms with E-state index in [1.165, 1.54) is 16.8 Å². The lowest BCUT2D eigenvalue weighted by Gasteiger charge is -2.14. The van der Waals surface area contributed by atoms with Gasteiger partial charge in [-0.15, -0.1) is 10.2 Å². The number of hydrogen-bond donors (Lipinski definition) is 2. The molecular formula is C19H20FN5O2S. The van der Waals surface area contributed by atoms with E-state index in [0.29, 0.717) is 28.0 Å². The largest absolute Gasteiger partial charge is 0.495 e. The topological polar surface area (TPSA) is 95.1 Å². The Bertz CT molecular complexity index is 1010. The zero-order chi connectivity index (χ0) is 20.3. The fourth-order valence-electron chi connectivity index (χ4n) is 2.55. The summed E-state index contributed by atoms with van der Waals surface area (Å²) in [5.74, 6) is 6.31. The van der Waals surface area contributed by atoms with E-state index in [1.54, 1.807) is 32.2 Å². The highest BCUT2D eigenvalue weighted by Crippen LogP contribution is 2.28. The number of nitrogens with one attached hydrogen (secondary N) is 1. The normalized spacial score (nSPS) is 11.9. The minimum Gasteiger partial charge on any atom is -0.495 e. The van der Waals surface area contributed by atoms with Gasteiger partial charge in [0.05, 0.1) is 18.0 Å². The number of rotatable bonds is 6. The second kappa shape index (κ2) is 8.30. The summed E-state index contributed by atoms with van der Waals surface area (Å²) >= 11 is 1.15. The van der Waals surface area contributed by atoms with E-state index >= 15 is 0 Å². The summed E-state index contributed by atoms with van der Waals surface area (Å²) in [4.78, 5) is 12.6. The first-order valence-electron chi connectivity index (χ1n) is 8.47. The number of ether oxygens (including phenoxy) is 1. The van der Waals surface area contributed by atoms with E-state index in [2.05, 4.69) is 15.5 Å². The number of carbonyl (C=O) groups is 1. The molecule has 0 aliphatic rings. The Kier molecular flexibility index (Phi) is 5.84. The molecule has 3 aromatic rings. The van der Waals surface area contributed by atoms with Crippen molar-refractivity contribution in [3.8, 4) is 17.1 Å². The number of amides is 1. The second-order valence-electron chi connectivity index (χ2n) is 6.14. The van der Waals surface area contributed by atoms with Crippen LogP contribution in [-0.2, 0) is 4.79 Å². The fraction of sp³-hybridized carbons (Fsp3) is 0.211. The van der Waals surface area contributed by atoms with Gasteiger partial charge in [0.2, 0.25) is 11.1 Å². The van der Waals surface area contributed by atoms with Crippen LogP contribution < -0.4 is 15.9 Å². The van der Waals surface area contributed by atoms with Crippen molar-refractivity contribution < 1.29 is 13.9 Å². The first kappa shape index (κ1) is 19.7. The molecule has 0 spiro atoms. The zero-order valence-electron chi connectivity index (χ0n) is 15.6. The second-order valence-corrected chi connectivity index (χ2v) is 7.45. The average Bonchev–Trinajstić information content (AvgIpc) is 3.02. The first-order chi connectivity index (χ1) is 13.4. The monoisotopic (exact) mass is 401 g/mol. The third-order valence-corrected chi connectivity index (χ3v) is 5.07. The van der Waals surface area contributed by atoms with Gasteiger partial charge in [0.15, 0.2) is 5.82 Å². The van der Waals surface area contributed by atoms with Gasteiger partial charge in [-0.3, -0.25) is 4.79 Å². The standard InChI is InChI=1S/C19H20FN5O2S/c1-11-7-8-16(27-3)15(9-11)22-18(26)12(2)28-19-24-23-17(25(19)21)13-5-4-6-14(20)10-13/h4-10,12H,21H2,1-3H3,(H,22,26)/t12-/m1/s1. The van der Waals surface area contributed by atoms with Gasteiger partial charge < -0.3 is 15.9 Å². The first-order valence-corrected chi connectivity index (χ1v) is 9.35. The Labute approximate surface area is 166 Å². The minimum absolute atomic E-state index is 0.232. The molecule has 9 heteroatoms. The highest BCUT2D eigenvalue weighted by molar-refractivity contribution is 8.00. The van der Waals surface area contributed by atoms with E-state index < -0.39 is 11.1 Å². The van der Waals surface area contributed by atoms with Gasteiger partial charge in [-0.05, 0) is 43.7 Å². The lowest BCUT2D eigenvalue weighted by molar-refractivity contribution is -0.115. The Morgan fingerprint density at radius 2 is 2.07 bits per heavy atom. The summed E-state index contributed by atoms with van der Waals surface area (Å²) in [5.41, 5.74) is 2.09. The van der Waals surface area contributed by atoms with Gasteiger partial charge in [-0.2, -0.15) is 0 Å². The molecule has 0 saturated carbocycles. The quantitative estimate of drug-likeness (QED) is 0.486. The van der Waals surface area contributed by atoms with Gasteiger partial charge >= 0.3 is 0 Å². The van der Waals surface area contributed by atoms with Gasteiger partial charge in [-0.25, -0.2) is 9.07 Å². The minimum atomic E-state index is -0.503.